The summed E-state index contributed by atoms with van der Waals surface area (Å²) in [4.78, 5) is 36.6. The number of fused-ring (bicyclic) bond motifs is 1. The molecule has 0 atom stereocenters. The standard InChI is InChI=1S/C22H15ClFN3O5/c23-17-2-1-3-18(24)16(17)11-26-19-10-14(6-9-20(19)32-12-21(26)28)25-22(29)13-4-7-15(8-5-13)27(30)31/h1-10H,11-12H2,(H,25,29). The Hall–Kier alpha value is -3.98. The van der Waals surface area contributed by atoms with E-state index in [0.29, 0.717) is 17.1 Å². The number of carbonyl (C=O) groups excluding carboxylic acids is 2. The fourth-order valence-electron chi connectivity index (χ4n) is 3.23. The molecule has 162 valence electrons. The Morgan fingerprint density at radius 1 is 1.19 bits per heavy atom. The van der Waals surface area contributed by atoms with Crippen LogP contribution in [0.15, 0.2) is 60.7 Å². The Balaban J connectivity index is 1.60. The van der Waals surface area contributed by atoms with E-state index in [4.69, 9.17) is 16.3 Å². The summed E-state index contributed by atoms with van der Waals surface area (Å²) in [5, 5.41) is 13.6. The molecule has 2 amide bonds. The van der Waals surface area contributed by atoms with Gasteiger partial charge < -0.3 is 15.0 Å². The molecule has 0 bridgehead atoms. The molecule has 0 spiro atoms. The first-order valence-corrected chi connectivity index (χ1v) is 9.77. The number of non-ortho nitro benzene ring substituents is 1. The van der Waals surface area contributed by atoms with Gasteiger partial charge in [-0.15, -0.1) is 0 Å². The second-order valence-electron chi connectivity index (χ2n) is 6.91. The number of rotatable bonds is 5. The summed E-state index contributed by atoms with van der Waals surface area (Å²) in [6.07, 6.45) is 0. The molecule has 0 radical (unpaired) electrons. The van der Waals surface area contributed by atoms with E-state index in [1.165, 1.54) is 53.4 Å². The Morgan fingerprint density at radius 3 is 2.62 bits per heavy atom. The molecule has 0 saturated carbocycles. The summed E-state index contributed by atoms with van der Waals surface area (Å²) in [5.41, 5.74) is 0.955. The molecule has 8 nitrogen and oxygen atoms in total. The number of nitrogens with one attached hydrogen (secondary N) is 1. The van der Waals surface area contributed by atoms with Gasteiger partial charge in [0.25, 0.3) is 17.5 Å². The molecule has 0 aliphatic carbocycles. The van der Waals surface area contributed by atoms with E-state index in [-0.39, 0.29) is 35.0 Å². The first kappa shape index (κ1) is 21.3. The van der Waals surface area contributed by atoms with Crippen LogP contribution < -0.4 is 15.0 Å². The van der Waals surface area contributed by atoms with Crippen molar-refractivity contribution in [2.75, 3.05) is 16.8 Å². The fourth-order valence-corrected chi connectivity index (χ4v) is 3.46. The highest BCUT2D eigenvalue weighted by molar-refractivity contribution is 6.31. The van der Waals surface area contributed by atoms with Gasteiger partial charge in [0, 0.05) is 34.0 Å². The maximum Gasteiger partial charge on any atom is 0.269 e. The second-order valence-corrected chi connectivity index (χ2v) is 7.32. The maximum atomic E-state index is 14.3. The van der Waals surface area contributed by atoms with E-state index in [1.807, 2.05) is 0 Å². The van der Waals surface area contributed by atoms with Crippen molar-refractivity contribution in [2.24, 2.45) is 0 Å². The number of amides is 2. The SMILES string of the molecule is O=C(Nc1ccc2c(c1)N(Cc1c(F)cccc1Cl)C(=O)CO2)c1ccc([N+](=O)[O-])cc1. The molecule has 10 heteroatoms. The minimum Gasteiger partial charge on any atom is -0.482 e. The van der Waals surface area contributed by atoms with E-state index in [2.05, 4.69) is 5.32 Å². The molecule has 1 N–H and O–H groups in total. The molecule has 32 heavy (non-hydrogen) atoms. The van der Waals surface area contributed by atoms with E-state index in [1.54, 1.807) is 12.1 Å². The van der Waals surface area contributed by atoms with Crippen molar-refractivity contribution < 1.29 is 23.6 Å². The zero-order valence-electron chi connectivity index (χ0n) is 16.4. The Morgan fingerprint density at radius 2 is 1.94 bits per heavy atom. The molecule has 1 heterocycles. The normalized spacial score (nSPS) is 12.7. The molecule has 0 aromatic heterocycles. The molecule has 0 unspecified atom stereocenters. The minimum atomic E-state index is -0.557. The third kappa shape index (κ3) is 4.23. The smallest absolute Gasteiger partial charge is 0.269 e. The average molecular weight is 456 g/mol. The van der Waals surface area contributed by atoms with Gasteiger partial charge in [-0.25, -0.2) is 4.39 Å². The van der Waals surface area contributed by atoms with Crippen LogP contribution in [0.4, 0.5) is 21.5 Å². The van der Waals surface area contributed by atoms with Crippen LogP contribution >= 0.6 is 11.6 Å². The van der Waals surface area contributed by atoms with E-state index in [9.17, 15) is 24.1 Å². The van der Waals surface area contributed by atoms with Crippen molar-refractivity contribution in [2.45, 2.75) is 6.54 Å². The van der Waals surface area contributed by atoms with Gasteiger partial charge in [-0.1, -0.05) is 17.7 Å². The summed E-state index contributed by atoms with van der Waals surface area (Å²) in [7, 11) is 0. The molecular formula is C22H15ClFN3O5. The second kappa shape index (κ2) is 8.64. The minimum absolute atomic E-state index is 0.111. The van der Waals surface area contributed by atoms with Crippen LogP contribution in [0.25, 0.3) is 0 Å². The first-order valence-electron chi connectivity index (χ1n) is 9.39. The van der Waals surface area contributed by atoms with Gasteiger partial charge in [-0.3, -0.25) is 19.7 Å². The van der Waals surface area contributed by atoms with Crippen molar-refractivity contribution in [1.82, 2.24) is 0 Å². The number of nitro benzene ring substituents is 1. The van der Waals surface area contributed by atoms with E-state index < -0.39 is 22.6 Å². The summed E-state index contributed by atoms with van der Waals surface area (Å²) < 4.78 is 19.7. The van der Waals surface area contributed by atoms with Crippen molar-refractivity contribution >= 4 is 40.5 Å². The molecule has 0 fully saturated rings. The third-order valence-corrected chi connectivity index (χ3v) is 5.23. The summed E-state index contributed by atoms with van der Waals surface area (Å²) in [6, 6.07) is 14.1. The number of nitrogens with zero attached hydrogens (tertiary/aromatic N) is 2. The van der Waals surface area contributed by atoms with Crippen molar-refractivity contribution in [3.05, 3.63) is 92.7 Å². The van der Waals surface area contributed by atoms with E-state index >= 15 is 0 Å². The fraction of sp³-hybridized carbons (Fsp3) is 0.0909. The van der Waals surface area contributed by atoms with Crippen LogP contribution in [-0.2, 0) is 11.3 Å². The Labute approximate surface area is 186 Å². The summed E-state index contributed by atoms with van der Waals surface area (Å²) in [5.74, 6) is -1.03. The van der Waals surface area contributed by atoms with E-state index in [0.717, 1.165) is 0 Å². The third-order valence-electron chi connectivity index (χ3n) is 4.88. The van der Waals surface area contributed by atoms with Crippen LogP contribution in [-0.4, -0.2) is 23.3 Å². The first-order chi connectivity index (χ1) is 15.3. The number of benzene rings is 3. The molecule has 3 aromatic rings. The van der Waals surface area contributed by atoms with Crippen LogP contribution in [0.1, 0.15) is 15.9 Å². The number of ether oxygens (including phenoxy) is 1. The van der Waals surface area contributed by atoms with Gasteiger partial charge in [-0.2, -0.15) is 0 Å². The Kier molecular flexibility index (Phi) is 5.74. The van der Waals surface area contributed by atoms with Crippen LogP contribution in [0.2, 0.25) is 5.02 Å². The topological polar surface area (TPSA) is 102 Å². The highest BCUT2D eigenvalue weighted by Gasteiger charge is 2.27. The van der Waals surface area contributed by atoms with Crippen molar-refractivity contribution in [1.29, 1.82) is 0 Å². The number of carbonyl (C=O) groups is 2. The lowest BCUT2D eigenvalue weighted by molar-refractivity contribution is -0.384. The lowest BCUT2D eigenvalue weighted by Crippen LogP contribution is -2.38. The lowest BCUT2D eigenvalue weighted by Gasteiger charge is -2.30. The number of hydrogen-bond acceptors (Lipinski definition) is 5. The van der Waals surface area contributed by atoms with Crippen LogP contribution in [0, 0.1) is 15.9 Å². The number of nitro groups is 1. The predicted molar refractivity (Wildman–Crippen MR) is 116 cm³/mol. The number of halogens is 2. The van der Waals surface area contributed by atoms with Gasteiger partial charge in [0.15, 0.2) is 6.61 Å². The van der Waals surface area contributed by atoms with Gasteiger partial charge in [0.1, 0.15) is 11.6 Å². The monoisotopic (exact) mass is 455 g/mol. The lowest BCUT2D eigenvalue weighted by atomic mass is 10.1. The van der Waals surface area contributed by atoms with Gasteiger partial charge in [-0.05, 0) is 42.5 Å². The molecule has 4 rings (SSSR count). The molecule has 3 aromatic carbocycles. The molecule has 0 saturated heterocycles. The van der Waals surface area contributed by atoms with Crippen molar-refractivity contribution in [3.63, 3.8) is 0 Å². The largest absolute Gasteiger partial charge is 0.482 e. The van der Waals surface area contributed by atoms with Gasteiger partial charge >= 0.3 is 0 Å². The molecule has 1 aliphatic heterocycles. The van der Waals surface area contributed by atoms with Crippen molar-refractivity contribution in [3.8, 4) is 5.75 Å². The maximum absolute atomic E-state index is 14.3. The summed E-state index contributed by atoms with van der Waals surface area (Å²) in [6.45, 7) is -0.325. The Bertz CT molecular complexity index is 1210. The summed E-state index contributed by atoms with van der Waals surface area (Å²) >= 11 is 6.11. The van der Waals surface area contributed by atoms with Crippen LogP contribution in [0.3, 0.4) is 0 Å². The molecular weight excluding hydrogens is 441 g/mol. The van der Waals surface area contributed by atoms with Gasteiger partial charge in [0.05, 0.1) is 17.2 Å². The highest BCUT2D eigenvalue weighted by atomic mass is 35.5. The van der Waals surface area contributed by atoms with Crippen LogP contribution in [0.5, 0.6) is 5.75 Å². The number of anilines is 2. The molecule has 1 aliphatic rings. The predicted octanol–water partition coefficient (Wildman–Crippen LogP) is 4.57. The quantitative estimate of drug-likeness (QED) is 0.448. The number of hydrogen-bond donors (Lipinski definition) is 1. The zero-order valence-corrected chi connectivity index (χ0v) is 17.1. The highest BCUT2D eigenvalue weighted by Crippen LogP contribution is 2.36. The average Bonchev–Trinajstić information content (AvgIpc) is 2.77. The van der Waals surface area contributed by atoms with Gasteiger partial charge in [0.2, 0.25) is 0 Å². The zero-order chi connectivity index (χ0) is 22.8.